The van der Waals surface area contributed by atoms with Crippen LogP contribution >= 0.6 is 0 Å². The van der Waals surface area contributed by atoms with Crippen molar-refractivity contribution in [1.82, 2.24) is 4.90 Å². The molecule has 0 radical (unpaired) electrons. The maximum absolute atomic E-state index is 12.3. The number of benzene rings is 2. The molecule has 0 bridgehead atoms. The molecule has 4 heteroatoms. The van der Waals surface area contributed by atoms with Gasteiger partial charge >= 0.3 is 5.97 Å². The van der Waals surface area contributed by atoms with E-state index in [0.717, 1.165) is 41.7 Å². The van der Waals surface area contributed by atoms with Crippen molar-refractivity contribution in [3.8, 4) is 5.75 Å². The second kappa shape index (κ2) is 8.69. The molecule has 0 amide bonds. The van der Waals surface area contributed by atoms with Crippen molar-refractivity contribution in [3.63, 3.8) is 0 Å². The van der Waals surface area contributed by atoms with Crippen LogP contribution in [0.5, 0.6) is 5.75 Å². The number of likely N-dealkylation sites (N-methyl/N-ethyl adjacent to an activating group) is 1. The minimum absolute atomic E-state index is 0.171. The fourth-order valence-corrected chi connectivity index (χ4v) is 2.71. The van der Waals surface area contributed by atoms with Crippen molar-refractivity contribution in [2.24, 2.45) is 0 Å². The number of rotatable bonds is 8. The van der Waals surface area contributed by atoms with Gasteiger partial charge in [0, 0.05) is 6.54 Å². The van der Waals surface area contributed by atoms with Gasteiger partial charge in [0.05, 0.1) is 13.0 Å². The monoisotopic (exact) mass is 329 g/mol. The quantitative estimate of drug-likeness (QED) is 0.690. The van der Waals surface area contributed by atoms with Gasteiger partial charge in [-0.1, -0.05) is 38.1 Å². The molecule has 2 aromatic rings. The van der Waals surface area contributed by atoms with Gasteiger partial charge in [-0.3, -0.25) is 4.79 Å². The van der Waals surface area contributed by atoms with Crippen molar-refractivity contribution >= 4 is 16.7 Å². The van der Waals surface area contributed by atoms with Gasteiger partial charge in [0.15, 0.2) is 0 Å². The molecule has 130 valence electrons. The molecule has 0 saturated carbocycles. The maximum Gasteiger partial charge on any atom is 0.313 e. The fraction of sp³-hybridized carbons (Fsp3) is 0.450. The van der Waals surface area contributed by atoms with Crippen LogP contribution in [0.1, 0.15) is 32.3 Å². The van der Waals surface area contributed by atoms with Crippen LogP contribution < -0.4 is 4.74 Å². The van der Waals surface area contributed by atoms with Crippen LogP contribution in [-0.4, -0.2) is 44.2 Å². The van der Waals surface area contributed by atoms with Crippen molar-refractivity contribution in [1.29, 1.82) is 0 Å². The Hall–Kier alpha value is -2.07. The van der Waals surface area contributed by atoms with E-state index in [9.17, 15) is 4.79 Å². The Morgan fingerprint density at radius 3 is 2.42 bits per heavy atom. The average molecular weight is 329 g/mol. The van der Waals surface area contributed by atoms with Gasteiger partial charge in [-0.15, -0.1) is 0 Å². The number of methoxy groups -OCH3 is 1. The Morgan fingerprint density at radius 2 is 1.75 bits per heavy atom. The first kappa shape index (κ1) is 18.3. The van der Waals surface area contributed by atoms with E-state index >= 15 is 0 Å². The normalized spacial score (nSPS) is 12.4. The summed E-state index contributed by atoms with van der Waals surface area (Å²) in [6, 6.07) is 12.0. The predicted octanol–water partition coefficient (Wildman–Crippen LogP) is 3.84. The van der Waals surface area contributed by atoms with E-state index in [0.29, 0.717) is 6.61 Å². The third-order valence-electron chi connectivity index (χ3n) is 4.47. The van der Waals surface area contributed by atoms with Crippen LogP contribution in [0.25, 0.3) is 10.8 Å². The Morgan fingerprint density at radius 1 is 1.08 bits per heavy atom. The number of carbonyl (C=O) groups excluding carboxylic acids is 1. The molecule has 0 aliphatic rings. The smallest absolute Gasteiger partial charge is 0.313 e. The minimum atomic E-state index is -0.270. The summed E-state index contributed by atoms with van der Waals surface area (Å²) in [5, 5.41) is 2.19. The van der Waals surface area contributed by atoms with Gasteiger partial charge in [0.2, 0.25) is 0 Å². The number of hydrogen-bond donors (Lipinski definition) is 0. The Bertz CT molecular complexity index is 680. The van der Waals surface area contributed by atoms with Crippen LogP contribution in [0, 0.1) is 0 Å². The number of esters is 1. The molecule has 1 atom stereocenters. The molecule has 4 nitrogen and oxygen atoms in total. The lowest BCUT2D eigenvalue weighted by molar-refractivity contribution is -0.145. The molecule has 0 N–H and O–H groups in total. The largest absolute Gasteiger partial charge is 0.497 e. The molecule has 0 spiro atoms. The van der Waals surface area contributed by atoms with E-state index in [1.807, 2.05) is 43.3 Å². The van der Waals surface area contributed by atoms with E-state index in [-0.39, 0.29) is 11.9 Å². The third-order valence-corrected chi connectivity index (χ3v) is 4.47. The Balaban J connectivity index is 2.01. The van der Waals surface area contributed by atoms with Crippen LogP contribution in [0.4, 0.5) is 0 Å². The Labute approximate surface area is 144 Å². The first-order valence-corrected chi connectivity index (χ1v) is 8.55. The lowest BCUT2D eigenvalue weighted by Crippen LogP contribution is -2.28. The molecule has 2 aromatic carbocycles. The van der Waals surface area contributed by atoms with Crippen LogP contribution in [-0.2, 0) is 9.53 Å². The first-order chi connectivity index (χ1) is 11.6. The zero-order valence-electron chi connectivity index (χ0n) is 15.0. The molecule has 0 saturated heterocycles. The second-order valence-corrected chi connectivity index (χ2v) is 5.89. The number of carbonyl (C=O) groups is 1. The molecule has 0 aliphatic carbocycles. The molecule has 0 aromatic heterocycles. The second-order valence-electron chi connectivity index (χ2n) is 5.89. The van der Waals surface area contributed by atoms with E-state index in [4.69, 9.17) is 9.47 Å². The van der Waals surface area contributed by atoms with Gasteiger partial charge in [-0.2, -0.15) is 0 Å². The summed E-state index contributed by atoms with van der Waals surface area (Å²) < 4.78 is 10.7. The molecule has 24 heavy (non-hydrogen) atoms. The summed E-state index contributed by atoms with van der Waals surface area (Å²) in [6.07, 6.45) is 0. The first-order valence-electron chi connectivity index (χ1n) is 8.55. The SMILES string of the molecule is CCN(CC)CCOC(=O)[C@H](C)c1ccc2cc(OC)ccc2c1. The zero-order valence-corrected chi connectivity index (χ0v) is 15.0. The highest BCUT2D eigenvalue weighted by atomic mass is 16.5. The Kier molecular flexibility index (Phi) is 6.62. The number of ether oxygens (including phenoxy) is 2. The molecule has 0 fully saturated rings. The minimum Gasteiger partial charge on any atom is -0.497 e. The number of hydrogen-bond acceptors (Lipinski definition) is 4. The summed E-state index contributed by atoms with van der Waals surface area (Å²) in [5.41, 5.74) is 0.973. The van der Waals surface area contributed by atoms with E-state index in [1.54, 1.807) is 7.11 Å². The molecular formula is C20H27NO3. The van der Waals surface area contributed by atoms with Crippen molar-refractivity contribution in [2.75, 3.05) is 33.4 Å². The van der Waals surface area contributed by atoms with Crippen molar-refractivity contribution < 1.29 is 14.3 Å². The topological polar surface area (TPSA) is 38.8 Å². The fourth-order valence-electron chi connectivity index (χ4n) is 2.71. The summed E-state index contributed by atoms with van der Waals surface area (Å²) in [6.45, 7) is 9.27. The summed E-state index contributed by atoms with van der Waals surface area (Å²) >= 11 is 0. The molecule has 2 rings (SSSR count). The maximum atomic E-state index is 12.3. The lowest BCUT2D eigenvalue weighted by Gasteiger charge is -2.18. The van der Waals surface area contributed by atoms with Crippen LogP contribution in [0.15, 0.2) is 36.4 Å². The van der Waals surface area contributed by atoms with Crippen LogP contribution in [0.2, 0.25) is 0 Å². The van der Waals surface area contributed by atoms with Gasteiger partial charge in [-0.05, 0) is 48.5 Å². The van der Waals surface area contributed by atoms with Gasteiger partial charge in [0.1, 0.15) is 12.4 Å². The standard InChI is InChI=1S/C20H27NO3/c1-5-21(6-2)11-12-24-20(22)15(3)16-7-8-18-14-19(23-4)10-9-17(18)13-16/h7-10,13-15H,5-6,11-12H2,1-4H3/t15-/m1/s1. The molecular weight excluding hydrogens is 302 g/mol. The van der Waals surface area contributed by atoms with E-state index in [1.165, 1.54) is 0 Å². The molecule has 0 heterocycles. The third kappa shape index (κ3) is 4.48. The van der Waals surface area contributed by atoms with E-state index in [2.05, 4.69) is 18.7 Å². The highest BCUT2D eigenvalue weighted by molar-refractivity contribution is 5.86. The highest BCUT2D eigenvalue weighted by Gasteiger charge is 2.17. The summed E-state index contributed by atoms with van der Waals surface area (Å²) in [4.78, 5) is 14.5. The van der Waals surface area contributed by atoms with Crippen molar-refractivity contribution in [3.05, 3.63) is 42.0 Å². The highest BCUT2D eigenvalue weighted by Crippen LogP contribution is 2.25. The van der Waals surface area contributed by atoms with Crippen LogP contribution in [0.3, 0.4) is 0 Å². The number of nitrogens with zero attached hydrogens (tertiary/aromatic N) is 1. The molecule has 0 aliphatic heterocycles. The van der Waals surface area contributed by atoms with Gasteiger partial charge < -0.3 is 14.4 Å². The van der Waals surface area contributed by atoms with Gasteiger partial charge in [-0.25, -0.2) is 0 Å². The van der Waals surface area contributed by atoms with Gasteiger partial charge in [0.25, 0.3) is 0 Å². The lowest BCUT2D eigenvalue weighted by atomic mass is 9.98. The number of fused-ring (bicyclic) bond motifs is 1. The average Bonchev–Trinajstić information content (AvgIpc) is 2.63. The zero-order chi connectivity index (χ0) is 17.5. The summed E-state index contributed by atoms with van der Waals surface area (Å²) in [5.74, 6) is 0.391. The van der Waals surface area contributed by atoms with E-state index < -0.39 is 0 Å². The predicted molar refractivity (Wildman–Crippen MR) is 97.7 cm³/mol. The summed E-state index contributed by atoms with van der Waals surface area (Å²) in [7, 11) is 1.66. The molecule has 0 unspecified atom stereocenters. The van der Waals surface area contributed by atoms with Crippen molar-refractivity contribution in [2.45, 2.75) is 26.7 Å².